The van der Waals surface area contributed by atoms with E-state index in [1.807, 2.05) is 24.3 Å². The van der Waals surface area contributed by atoms with E-state index in [1.165, 1.54) is 11.4 Å². The lowest BCUT2D eigenvalue weighted by Crippen LogP contribution is -2.45. The summed E-state index contributed by atoms with van der Waals surface area (Å²) < 4.78 is 0. The first-order valence-electron chi connectivity index (χ1n) is 8.06. The molecule has 1 aliphatic rings. The van der Waals surface area contributed by atoms with Gasteiger partial charge in [0.1, 0.15) is 4.99 Å². The summed E-state index contributed by atoms with van der Waals surface area (Å²) in [4.78, 5) is 3.16. The van der Waals surface area contributed by atoms with E-state index in [4.69, 9.17) is 12.2 Å². The van der Waals surface area contributed by atoms with Crippen LogP contribution in [0.25, 0.3) is 0 Å². The molecular formula is C20H22N2S. The second kappa shape index (κ2) is 6.97. The Balaban J connectivity index is 1.88. The minimum absolute atomic E-state index is 0.362. The highest BCUT2D eigenvalue weighted by atomic mass is 32.1. The first kappa shape index (κ1) is 15.8. The van der Waals surface area contributed by atoms with Crippen LogP contribution in [0, 0.1) is 5.92 Å². The lowest BCUT2D eigenvalue weighted by molar-refractivity contribution is 0.484. The molecule has 0 aliphatic carbocycles. The minimum Gasteiger partial charge on any atom is -0.359 e. The van der Waals surface area contributed by atoms with Crippen molar-refractivity contribution in [3.8, 4) is 0 Å². The van der Waals surface area contributed by atoms with Crippen molar-refractivity contribution in [2.45, 2.75) is 26.3 Å². The second-order valence-corrected chi connectivity index (χ2v) is 6.64. The Kier molecular flexibility index (Phi) is 4.77. The molecule has 2 aromatic carbocycles. The molecule has 0 amide bonds. The van der Waals surface area contributed by atoms with Crippen LogP contribution < -0.4 is 10.2 Å². The van der Waals surface area contributed by atoms with E-state index in [0.29, 0.717) is 12.0 Å². The zero-order valence-corrected chi connectivity index (χ0v) is 14.4. The predicted molar refractivity (Wildman–Crippen MR) is 103 cm³/mol. The largest absolute Gasteiger partial charge is 0.359 e. The van der Waals surface area contributed by atoms with Gasteiger partial charge in [-0.15, -0.1) is 0 Å². The van der Waals surface area contributed by atoms with Gasteiger partial charge in [0.05, 0.1) is 0 Å². The van der Waals surface area contributed by atoms with E-state index in [2.05, 4.69) is 66.5 Å². The third-order valence-corrected chi connectivity index (χ3v) is 4.49. The van der Waals surface area contributed by atoms with Crippen LogP contribution in [0.5, 0.6) is 0 Å². The number of nitrogens with zero attached hydrogens (tertiary/aromatic N) is 1. The van der Waals surface area contributed by atoms with Crippen LogP contribution >= 0.6 is 12.2 Å². The molecule has 3 rings (SSSR count). The van der Waals surface area contributed by atoms with Crippen molar-refractivity contribution >= 4 is 28.6 Å². The van der Waals surface area contributed by atoms with Crippen LogP contribution in [0.15, 0.2) is 72.4 Å². The van der Waals surface area contributed by atoms with Gasteiger partial charge in [-0.3, -0.25) is 0 Å². The standard InChI is InChI=1S/C20H22N2S/c1-15(2)19-13-17(21-16-9-5-3-6-10-16)14-20(23)22(19)18-11-7-4-8-12-18/h3-12,14-15,19,21H,13H2,1-2H3/t19-/m0/s1. The van der Waals surface area contributed by atoms with Crippen LogP contribution in [0.4, 0.5) is 11.4 Å². The molecule has 0 unspecified atom stereocenters. The molecule has 1 N–H and O–H groups in total. The highest BCUT2D eigenvalue weighted by Gasteiger charge is 2.29. The molecule has 0 aromatic heterocycles. The smallest absolute Gasteiger partial charge is 0.108 e. The SMILES string of the molecule is CC(C)[C@@H]1CC(Nc2ccccc2)=CC(=S)N1c1ccccc1. The van der Waals surface area contributed by atoms with Gasteiger partial charge in [0.25, 0.3) is 0 Å². The summed E-state index contributed by atoms with van der Waals surface area (Å²) in [5.41, 5.74) is 3.47. The van der Waals surface area contributed by atoms with Crippen molar-refractivity contribution < 1.29 is 0 Å². The van der Waals surface area contributed by atoms with E-state index in [0.717, 1.165) is 17.1 Å². The van der Waals surface area contributed by atoms with Crippen LogP contribution in [0.3, 0.4) is 0 Å². The summed E-state index contributed by atoms with van der Waals surface area (Å²) >= 11 is 5.71. The van der Waals surface area contributed by atoms with Gasteiger partial charge in [0, 0.05) is 29.5 Å². The van der Waals surface area contributed by atoms with E-state index in [1.54, 1.807) is 0 Å². The number of hydrogen-bond acceptors (Lipinski definition) is 2. The second-order valence-electron chi connectivity index (χ2n) is 6.22. The maximum atomic E-state index is 5.71. The molecular weight excluding hydrogens is 300 g/mol. The van der Waals surface area contributed by atoms with Gasteiger partial charge in [0.15, 0.2) is 0 Å². The number of rotatable bonds is 4. The van der Waals surface area contributed by atoms with E-state index in [9.17, 15) is 0 Å². The first-order valence-corrected chi connectivity index (χ1v) is 8.47. The molecule has 0 fully saturated rings. The van der Waals surface area contributed by atoms with Gasteiger partial charge in [-0.2, -0.15) is 0 Å². The predicted octanol–water partition coefficient (Wildman–Crippen LogP) is 5.24. The Hall–Kier alpha value is -2.13. The molecule has 0 spiro atoms. The summed E-state index contributed by atoms with van der Waals surface area (Å²) in [5.74, 6) is 0.509. The Morgan fingerprint density at radius 2 is 1.61 bits per heavy atom. The Bertz CT molecular complexity index is 692. The normalized spacial score (nSPS) is 18.0. The summed E-state index contributed by atoms with van der Waals surface area (Å²) in [6.45, 7) is 4.52. The quantitative estimate of drug-likeness (QED) is 0.774. The number of benzene rings is 2. The van der Waals surface area contributed by atoms with Crippen LogP contribution in [0.2, 0.25) is 0 Å². The van der Waals surface area contributed by atoms with E-state index in [-0.39, 0.29) is 0 Å². The van der Waals surface area contributed by atoms with Crippen molar-refractivity contribution in [3.63, 3.8) is 0 Å². The summed E-state index contributed by atoms with van der Waals surface area (Å²) in [6, 6.07) is 21.1. The highest BCUT2D eigenvalue weighted by Crippen LogP contribution is 2.30. The first-order chi connectivity index (χ1) is 11.1. The fourth-order valence-electron chi connectivity index (χ4n) is 2.99. The molecule has 3 heteroatoms. The molecule has 1 atom stereocenters. The van der Waals surface area contributed by atoms with Gasteiger partial charge in [-0.25, -0.2) is 0 Å². The Morgan fingerprint density at radius 1 is 1.00 bits per heavy atom. The van der Waals surface area contributed by atoms with Crippen LogP contribution in [0.1, 0.15) is 20.3 Å². The third kappa shape index (κ3) is 3.62. The number of nitrogens with one attached hydrogen (secondary N) is 1. The minimum atomic E-state index is 0.362. The zero-order chi connectivity index (χ0) is 16.2. The molecule has 0 radical (unpaired) electrons. The van der Waals surface area contributed by atoms with Crippen molar-refractivity contribution in [2.24, 2.45) is 5.92 Å². The fraction of sp³-hybridized carbons (Fsp3) is 0.250. The van der Waals surface area contributed by atoms with Crippen LogP contribution in [-0.4, -0.2) is 11.0 Å². The van der Waals surface area contributed by atoms with E-state index >= 15 is 0 Å². The summed E-state index contributed by atoms with van der Waals surface area (Å²) in [5, 5.41) is 3.52. The summed E-state index contributed by atoms with van der Waals surface area (Å²) in [7, 11) is 0. The number of thiocarbonyl (C=S) groups is 1. The van der Waals surface area contributed by atoms with E-state index < -0.39 is 0 Å². The third-order valence-electron chi connectivity index (χ3n) is 4.18. The highest BCUT2D eigenvalue weighted by molar-refractivity contribution is 7.81. The molecule has 23 heavy (non-hydrogen) atoms. The van der Waals surface area contributed by atoms with Crippen molar-refractivity contribution in [1.29, 1.82) is 0 Å². The maximum absolute atomic E-state index is 5.71. The van der Waals surface area contributed by atoms with Gasteiger partial charge < -0.3 is 10.2 Å². The van der Waals surface area contributed by atoms with Crippen molar-refractivity contribution in [3.05, 3.63) is 72.4 Å². The molecule has 0 saturated heterocycles. The van der Waals surface area contributed by atoms with Gasteiger partial charge in [-0.1, -0.05) is 62.5 Å². The lowest BCUT2D eigenvalue weighted by Gasteiger charge is -2.39. The molecule has 0 bridgehead atoms. The number of hydrogen-bond donors (Lipinski definition) is 1. The van der Waals surface area contributed by atoms with Gasteiger partial charge >= 0.3 is 0 Å². The fourth-order valence-corrected chi connectivity index (χ4v) is 3.38. The topological polar surface area (TPSA) is 15.3 Å². The maximum Gasteiger partial charge on any atom is 0.108 e. The zero-order valence-electron chi connectivity index (χ0n) is 13.6. The molecule has 1 aliphatic heterocycles. The van der Waals surface area contributed by atoms with Gasteiger partial charge in [-0.05, 0) is 36.3 Å². The molecule has 0 saturated carbocycles. The van der Waals surface area contributed by atoms with Gasteiger partial charge in [0.2, 0.25) is 0 Å². The summed E-state index contributed by atoms with van der Waals surface area (Å²) in [6.07, 6.45) is 3.05. The monoisotopic (exact) mass is 322 g/mol. The molecule has 2 nitrogen and oxygen atoms in total. The molecule has 118 valence electrons. The van der Waals surface area contributed by atoms with Crippen molar-refractivity contribution in [2.75, 3.05) is 10.2 Å². The van der Waals surface area contributed by atoms with Crippen LogP contribution in [-0.2, 0) is 0 Å². The molecule has 2 aromatic rings. The number of para-hydroxylation sites is 2. The molecule has 1 heterocycles. The lowest BCUT2D eigenvalue weighted by atomic mass is 9.93. The Labute approximate surface area is 143 Å². The Morgan fingerprint density at radius 3 is 2.22 bits per heavy atom. The average molecular weight is 322 g/mol. The van der Waals surface area contributed by atoms with Crippen molar-refractivity contribution in [1.82, 2.24) is 0 Å². The average Bonchev–Trinajstić information content (AvgIpc) is 2.56. The number of anilines is 2.